The monoisotopic (exact) mass is 431 g/mol. The minimum absolute atomic E-state index is 0.0234. The fourth-order valence-corrected chi connectivity index (χ4v) is 4.84. The van der Waals surface area contributed by atoms with Crippen molar-refractivity contribution in [3.63, 3.8) is 0 Å². The van der Waals surface area contributed by atoms with Crippen molar-refractivity contribution in [3.8, 4) is 0 Å². The Morgan fingerprint density at radius 3 is 2.48 bits per heavy atom. The number of nitrogens with one attached hydrogen (secondary N) is 1. The Kier molecular flexibility index (Phi) is 5.34. The molecule has 5 heteroatoms. The Bertz CT molecular complexity index is 1190. The van der Waals surface area contributed by atoms with E-state index in [-0.39, 0.29) is 11.4 Å². The molecule has 1 N–H and O–H groups in total. The first kappa shape index (κ1) is 21.4. The largest absolute Gasteiger partial charge is 0.365 e. The number of likely N-dealkylation sites (N-methyl/N-ethyl adjacent to an activating group) is 1. The average Bonchev–Trinajstić information content (AvgIpc) is 3.02. The predicted molar refractivity (Wildman–Crippen MR) is 134 cm³/mol. The predicted octanol–water partition coefficient (Wildman–Crippen LogP) is 6.14. The van der Waals surface area contributed by atoms with E-state index in [9.17, 15) is 4.79 Å². The third-order valence-electron chi connectivity index (χ3n) is 6.26. The van der Waals surface area contributed by atoms with Crippen molar-refractivity contribution in [2.24, 2.45) is 4.99 Å². The first-order chi connectivity index (χ1) is 14.5. The highest BCUT2D eigenvalue weighted by Crippen LogP contribution is 2.40. The second-order valence-electron chi connectivity index (χ2n) is 9.02. The molecule has 2 aromatic rings. The molecule has 0 spiro atoms. The highest BCUT2D eigenvalue weighted by atomic mass is 32.2. The van der Waals surface area contributed by atoms with Crippen LogP contribution in [-0.4, -0.2) is 23.7 Å². The first-order valence-electron chi connectivity index (χ1n) is 10.5. The van der Waals surface area contributed by atoms with Gasteiger partial charge in [-0.25, -0.2) is 4.99 Å². The number of benzene rings is 2. The van der Waals surface area contributed by atoms with Gasteiger partial charge in [-0.15, -0.1) is 0 Å². The summed E-state index contributed by atoms with van der Waals surface area (Å²) in [5, 5.41) is 3.52. The van der Waals surface area contributed by atoms with Crippen LogP contribution < -0.4 is 10.2 Å². The molecule has 2 aliphatic rings. The van der Waals surface area contributed by atoms with Gasteiger partial charge in [0, 0.05) is 18.3 Å². The molecule has 0 unspecified atom stereocenters. The van der Waals surface area contributed by atoms with E-state index in [1.807, 2.05) is 18.2 Å². The van der Waals surface area contributed by atoms with Crippen LogP contribution in [0.15, 0.2) is 46.3 Å². The molecule has 0 atom stereocenters. The molecular formula is C26H29N3OS. The Balaban J connectivity index is 1.66. The van der Waals surface area contributed by atoms with Gasteiger partial charge in [0.05, 0.1) is 16.1 Å². The van der Waals surface area contributed by atoms with E-state index in [2.05, 4.69) is 88.1 Å². The fourth-order valence-electron chi connectivity index (χ4n) is 4.01. The van der Waals surface area contributed by atoms with Gasteiger partial charge >= 0.3 is 0 Å². The summed E-state index contributed by atoms with van der Waals surface area (Å²) in [5.41, 5.74) is 9.16. The number of aryl methyl sites for hydroxylation is 3. The lowest BCUT2D eigenvalue weighted by Gasteiger charge is -2.41. The van der Waals surface area contributed by atoms with Gasteiger partial charge in [0.1, 0.15) is 0 Å². The summed E-state index contributed by atoms with van der Waals surface area (Å²) in [6.07, 6.45) is 4.28. The Morgan fingerprint density at radius 2 is 1.77 bits per heavy atom. The molecular weight excluding hydrogens is 402 g/mol. The number of aliphatic imine (C=N–C) groups is 1. The van der Waals surface area contributed by atoms with Gasteiger partial charge in [0.25, 0.3) is 5.91 Å². The third-order valence-corrected chi connectivity index (χ3v) is 7.17. The van der Waals surface area contributed by atoms with Crippen molar-refractivity contribution in [1.29, 1.82) is 0 Å². The van der Waals surface area contributed by atoms with E-state index in [0.717, 1.165) is 16.8 Å². The summed E-state index contributed by atoms with van der Waals surface area (Å²) in [6.45, 7) is 12.9. The summed E-state index contributed by atoms with van der Waals surface area (Å²) in [6, 6.07) is 10.5. The van der Waals surface area contributed by atoms with Crippen molar-refractivity contribution in [3.05, 3.63) is 69.1 Å². The van der Waals surface area contributed by atoms with Gasteiger partial charge in [-0.1, -0.05) is 12.1 Å². The maximum absolute atomic E-state index is 12.6. The van der Waals surface area contributed by atoms with Gasteiger partial charge in [-0.3, -0.25) is 4.79 Å². The standard InChI is InChI=1S/C26H29N3OS/c1-15-8-9-20(10-16(15)2)27-25-28-24(30)23(31-25)13-19-12-21-18(4)14-26(5,6)29(7)22(21)11-17(19)3/h8-14H,1-7H3,(H,27,28,30)/b23-13+. The summed E-state index contributed by atoms with van der Waals surface area (Å²) in [4.78, 5) is 20.2. The van der Waals surface area contributed by atoms with Gasteiger partial charge in [0.2, 0.25) is 0 Å². The van der Waals surface area contributed by atoms with Crippen LogP contribution in [0.25, 0.3) is 11.6 Å². The van der Waals surface area contributed by atoms with Gasteiger partial charge < -0.3 is 10.2 Å². The normalized spacial score (nSPS) is 20.2. The molecule has 1 saturated heterocycles. The zero-order chi connectivity index (χ0) is 22.5. The minimum Gasteiger partial charge on any atom is -0.365 e. The lowest BCUT2D eigenvalue weighted by Crippen LogP contribution is -2.42. The first-order valence-corrected chi connectivity index (χ1v) is 11.3. The number of amides is 1. The number of carbonyl (C=O) groups excluding carboxylic acids is 1. The maximum Gasteiger partial charge on any atom is 0.264 e. The Labute approximate surface area is 189 Å². The number of allylic oxidation sites excluding steroid dienone is 1. The number of hydrogen-bond acceptors (Lipinski definition) is 4. The topological polar surface area (TPSA) is 44.7 Å². The molecule has 2 aromatic carbocycles. The van der Waals surface area contributed by atoms with Crippen LogP contribution in [0.5, 0.6) is 0 Å². The van der Waals surface area contributed by atoms with Crippen molar-refractivity contribution >= 4 is 45.9 Å². The molecule has 2 heterocycles. The Hall–Kier alpha value is -2.79. The highest BCUT2D eigenvalue weighted by Gasteiger charge is 2.29. The molecule has 0 radical (unpaired) electrons. The van der Waals surface area contributed by atoms with Crippen LogP contribution in [0.3, 0.4) is 0 Å². The molecule has 1 amide bonds. The lowest BCUT2D eigenvalue weighted by atomic mass is 9.87. The second-order valence-corrected chi connectivity index (χ2v) is 10.0. The maximum atomic E-state index is 12.6. The van der Waals surface area contributed by atoms with Gasteiger partial charge in [-0.2, -0.15) is 0 Å². The summed E-state index contributed by atoms with van der Waals surface area (Å²) in [7, 11) is 2.13. The molecule has 0 bridgehead atoms. The molecule has 4 nitrogen and oxygen atoms in total. The summed E-state index contributed by atoms with van der Waals surface area (Å²) in [5.74, 6) is -0.102. The van der Waals surface area contributed by atoms with E-state index in [1.165, 1.54) is 39.7 Å². The van der Waals surface area contributed by atoms with E-state index < -0.39 is 0 Å². The minimum atomic E-state index is -0.102. The Morgan fingerprint density at radius 1 is 1.03 bits per heavy atom. The van der Waals surface area contributed by atoms with E-state index >= 15 is 0 Å². The molecule has 4 rings (SSSR count). The van der Waals surface area contributed by atoms with Crippen LogP contribution >= 0.6 is 11.8 Å². The molecule has 0 saturated carbocycles. The van der Waals surface area contributed by atoms with Crippen molar-refractivity contribution in [1.82, 2.24) is 5.32 Å². The zero-order valence-electron chi connectivity index (χ0n) is 19.3. The molecule has 31 heavy (non-hydrogen) atoms. The molecule has 1 fully saturated rings. The molecule has 0 aliphatic carbocycles. The number of rotatable bonds is 2. The number of fused-ring (bicyclic) bond motifs is 1. The SMILES string of the molecule is CC1=CC(C)(C)N(C)c2cc(C)c(/C=C3/SC(=Nc4ccc(C)c(C)c4)NC3=O)cc21. The third kappa shape index (κ3) is 4.07. The van der Waals surface area contributed by atoms with Crippen molar-refractivity contribution < 1.29 is 4.79 Å². The van der Waals surface area contributed by atoms with Crippen LogP contribution in [0.4, 0.5) is 11.4 Å². The number of thioether (sulfide) groups is 1. The smallest absolute Gasteiger partial charge is 0.264 e. The van der Waals surface area contributed by atoms with Gasteiger partial charge in [0.15, 0.2) is 5.17 Å². The van der Waals surface area contributed by atoms with E-state index in [4.69, 9.17) is 0 Å². The zero-order valence-corrected chi connectivity index (χ0v) is 20.1. The van der Waals surface area contributed by atoms with Crippen LogP contribution in [0, 0.1) is 20.8 Å². The highest BCUT2D eigenvalue weighted by molar-refractivity contribution is 8.18. The number of anilines is 1. The quantitative estimate of drug-likeness (QED) is 0.581. The lowest BCUT2D eigenvalue weighted by molar-refractivity contribution is -0.115. The summed E-state index contributed by atoms with van der Waals surface area (Å²) < 4.78 is 0. The molecule has 2 aliphatic heterocycles. The number of carbonyl (C=O) groups is 1. The molecule has 160 valence electrons. The molecule has 0 aromatic heterocycles. The van der Waals surface area contributed by atoms with Crippen LogP contribution in [-0.2, 0) is 4.79 Å². The van der Waals surface area contributed by atoms with Gasteiger partial charge in [-0.05, 0) is 111 Å². The number of hydrogen-bond donors (Lipinski definition) is 1. The number of nitrogens with zero attached hydrogens (tertiary/aromatic N) is 2. The summed E-state index contributed by atoms with van der Waals surface area (Å²) >= 11 is 1.39. The van der Waals surface area contributed by atoms with Crippen LogP contribution in [0.1, 0.15) is 48.6 Å². The average molecular weight is 432 g/mol. The van der Waals surface area contributed by atoms with E-state index in [1.54, 1.807) is 0 Å². The van der Waals surface area contributed by atoms with Crippen molar-refractivity contribution in [2.75, 3.05) is 11.9 Å². The van der Waals surface area contributed by atoms with Crippen molar-refractivity contribution in [2.45, 2.75) is 47.1 Å². The fraction of sp³-hybridized carbons (Fsp3) is 0.308. The van der Waals surface area contributed by atoms with Crippen LogP contribution in [0.2, 0.25) is 0 Å². The second kappa shape index (κ2) is 7.72. The van der Waals surface area contributed by atoms with E-state index in [0.29, 0.717) is 10.1 Å². The number of amidine groups is 1.